The highest BCUT2D eigenvalue weighted by molar-refractivity contribution is 5.83. The first kappa shape index (κ1) is 14.4. The van der Waals surface area contributed by atoms with Crippen LogP contribution in [0.15, 0.2) is 0 Å². The number of primary amides is 1. The van der Waals surface area contributed by atoms with Crippen molar-refractivity contribution in [3.05, 3.63) is 0 Å². The van der Waals surface area contributed by atoms with Gasteiger partial charge in [-0.25, -0.2) is 0 Å². The Bertz CT molecular complexity index is 252. The Morgan fingerprint density at radius 1 is 1.47 bits per heavy atom. The standard InChI is InChI=1S/C12H25N3O2/c1-12(14,11(13)16)5-6-15(2)7-8-17-9-10-3-4-10/h10H,3-9,14H2,1-2H3,(H2,13,16). The second kappa shape index (κ2) is 6.33. The third kappa shape index (κ3) is 6.00. The largest absolute Gasteiger partial charge is 0.380 e. The molecule has 1 atom stereocenters. The lowest BCUT2D eigenvalue weighted by molar-refractivity contribution is -0.122. The van der Waals surface area contributed by atoms with Gasteiger partial charge in [-0.3, -0.25) is 4.79 Å². The number of rotatable bonds is 9. The van der Waals surface area contributed by atoms with E-state index in [2.05, 4.69) is 4.90 Å². The van der Waals surface area contributed by atoms with Crippen LogP contribution in [0, 0.1) is 5.92 Å². The Morgan fingerprint density at radius 3 is 2.65 bits per heavy atom. The Labute approximate surface area is 103 Å². The van der Waals surface area contributed by atoms with E-state index in [1.165, 1.54) is 12.8 Å². The van der Waals surface area contributed by atoms with Gasteiger partial charge in [0.05, 0.1) is 12.1 Å². The molecule has 0 spiro atoms. The lowest BCUT2D eigenvalue weighted by atomic mass is 9.98. The minimum absolute atomic E-state index is 0.448. The van der Waals surface area contributed by atoms with E-state index < -0.39 is 11.4 Å². The van der Waals surface area contributed by atoms with E-state index in [4.69, 9.17) is 16.2 Å². The van der Waals surface area contributed by atoms with Gasteiger partial charge in [0.25, 0.3) is 0 Å². The minimum atomic E-state index is -0.914. The minimum Gasteiger partial charge on any atom is -0.380 e. The van der Waals surface area contributed by atoms with Crippen LogP contribution in [-0.4, -0.2) is 49.7 Å². The molecule has 5 heteroatoms. The highest BCUT2D eigenvalue weighted by atomic mass is 16.5. The van der Waals surface area contributed by atoms with Gasteiger partial charge in [0, 0.05) is 19.7 Å². The summed E-state index contributed by atoms with van der Waals surface area (Å²) in [6.07, 6.45) is 3.21. The molecule has 0 aromatic carbocycles. The Hall–Kier alpha value is -0.650. The van der Waals surface area contributed by atoms with Crippen LogP contribution < -0.4 is 11.5 Å². The van der Waals surface area contributed by atoms with Crippen molar-refractivity contribution in [1.29, 1.82) is 0 Å². The summed E-state index contributed by atoms with van der Waals surface area (Å²) in [5.74, 6) is 0.360. The van der Waals surface area contributed by atoms with Gasteiger partial charge < -0.3 is 21.1 Å². The fraction of sp³-hybridized carbons (Fsp3) is 0.917. The maximum absolute atomic E-state index is 11.0. The lowest BCUT2D eigenvalue weighted by Gasteiger charge is -2.24. The maximum Gasteiger partial charge on any atom is 0.237 e. The van der Waals surface area contributed by atoms with Gasteiger partial charge in [0.1, 0.15) is 0 Å². The molecule has 1 saturated carbocycles. The van der Waals surface area contributed by atoms with Crippen LogP contribution >= 0.6 is 0 Å². The molecule has 0 saturated heterocycles. The zero-order chi connectivity index (χ0) is 12.9. The molecule has 1 rings (SSSR count). The van der Waals surface area contributed by atoms with Gasteiger partial charge in [0.2, 0.25) is 5.91 Å². The molecule has 0 aromatic rings. The van der Waals surface area contributed by atoms with E-state index in [-0.39, 0.29) is 0 Å². The fourth-order valence-electron chi connectivity index (χ4n) is 1.41. The second-order valence-electron chi connectivity index (χ2n) is 5.35. The predicted octanol–water partition coefficient (Wildman–Crippen LogP) is -0.0624. The van der Waals surface area contributed by atoms with Crippen LogP contribution in [0.1, 0.15) is 26.2 Å². The number of hydrogen-bond acceptors (Lipinski definition) is 4. The van der Waals surface area contributed by atoms with Crippen molar-refractivity contribution < 1.29 is 9.53 Å². The van der Waals surface area contributed by atoms with Crippen molar-refractivity contribution >= 4 is 5.91 Å². The second-order valence-corrected chi connectivity index (χ2v) is 5.35. The number of likely N-dealkylation sites (N-methyl/N-ethyl adjacent to an activating group) is 1. The summed E-state index contributed by atoms with van der Waals surface area (Å²) in [5.41, 5.74) is 10.1. The fourth-order valence-corrected chi connectivity index (χ4v) is 1.41. The normalized spacial score (nSPS) is 19.3. The van der Waals surface area contributed by atoms with E-state index in [0.29, 0.717) is 6.42 Å². The summed E-state index contributed by atoms with van der Waals surface area (Å²) in [6, 6.07) is 0. The summed E-state index contributed by atoms with van der Waals surface area (Å²) in [4.78, 5) is 13.1. The maximum atomic E-state index is 11.0. The van der Waals surface area contributed by atoms with Crippen molar-refractivity contribution in [2.75, 3.05) is 33.4 Å². The van der Waals surface area contributed by atoms with Crippen LogP contribution in [0.2, 0.25) is 0 Å². The number of hydrogen-bond donors (Lipinski definition) is 2. The first-order valence-electron chi connectivity index (χ1n) is 6.27. The van der Waals surface area contributed by atoms with E-state index in [1.807, 2.05) is 7.05 Å². The highest BCUT2D eigenvalue weighted by Gasteiger charge is 2.25. The SMILES string of the molecule is CN(CCOCC1CC1)CCC(C)(N)C(N)=O. The van der Waals surface area contributed by atoms with E-state index >= 15 is 0 Å². The number of carbonyl (C=O) groups excluding carboxylic acids is 1. The topological polar surface area (TPSA) is 81.6 Å². The number of nitrogens with zero attached hydrogens (tertiary/aromatic N) is 1. The zero-order valence-corrected chi connectivity index (χ0v) is 10.9. The number of amides is 1. The molecule has 5 nitrogen and oxygen atoms in total. The number of nitrogens with two attached hydrogens (primary N) is 2. The molecule has 0 bridgehead atoms. The average molecular weight is 243 g/mol. The molecule has 0 aromatic heterocycles. The lowest BCUT2D eigenvalue weighted by Crippen LogP contribution is -2.51. The summed E-state index contributed by atoms with van der Waals surface area (Å²) >= 11 is 0. The van der Waals surface area contributed by atoms with Crippen LogP contribution in [0.25, 0.3) is 0 Å². The summed E-state index contributed by atoms with van der Waals surface area (Å²) in [7, 11) is 2.00. The zero-order valence-electron chi connectivity index (χ0n) is 10.9. The molecule has 1 fully saturated rings. The van der Waals surface area contributed by atoms with Crippen molar-refractivity contribution in [2.45, 2.75) is 31.7 Å². The van der Waals surface area contributed by atoms with E-state index in [1.54, 1.807) is 6.92 Å². The first-order chi connectivity index (χ1) is 7.92. The molecule has 1 aliphatic rings. The van der Waals surface area contributed by atoms with Crippen molar-refractivity contribution in [1.82, 2.24) is 4.90 Å². The van der Waals surface area contributed by atoms with Crippen molar-refractivity contribution in [3.63, 3.8) is 0 Å². The Morgan fingerprint density at radius 2 is 2.12 bits per heavy atom. The smallest absolute Gasteiger partial charge is 0.237 e. The van der Waals surface area contributed by atoms with Gasteiger partial charge in [-0.15, -0.1) is 0 Å². The van der Waals surface area contributed by atoms with Gasteiger partial charge in [-0.05, 0) is 39.2 Å². The van der Waals surface area contributed by atoms with Gasteiger partial charge in [-0.1, -0.05) is 0 Å². The van der Waals surface area contributed by atoms with Crippen LogP contribution in [-0.2, 0) is 9.53 Å². The van der Waals surface area contributed by atoms with E-state index in [9.17, 15) is 4.79 Å². The summed E-state index contributed by atoms with van der Waals surface area (Å²) in [5, 5.41) is 0. The predicted molar refractivity (Wildman–Crippen MR) is 67.4 cm³/mol. The van der Waals surface area contributed by atoms with E-state index in [0.717, 1.165) is 32.2 Å². The summed E-state index contributed by atoms with van der Waals surface area (Å²) in [6.45, 7) is 4.92. The van der Waals surface area contributed by atoms with Crippen molar-refractivity contribution in [3.8, 4) is 0 Å². The molecular formula is C12H25N3O2. The molecular weight excluding hydrogens is 218 g/mol. The molecule has 4 N–H and O–H groups in total. The quantitative estimate of drug-likeness (QED) is 0.556. The summed E-state index contributed by atoms with van der Waals surface area (Å²) < 4.78 is 5.54. The van der Waals surface area contributed by atoms with Crippen LogP contribution in [0.4, 0.5) is 0 Å². The highest BCUT2D eigenvalue weighted by Crippen LogP contribution is 2.28. The third-order valence-corrected chi connectivity index (χ3v) is 3.24. The van der Waals surface area contributed by atoms with Gasteiger partial charge >= 0.3 is 0 Å². The molecule has 1 aliphatic carbocycles. The average Bonchev–Trinajstić information content (AvgIpc) is 3.05. The molecule has 1 unspecified atom stereocenters. The molecule has 0 radical (unpaired) electrons. The molecule has 100 valence electrons. The van der Waals surface area contributed by atoms with Gasteiger partial charge in [-0.2, -0.15) is 0 Å². The first-order valence-corrected chi connectivity index (χ1v) is 6.27. The monoisotopic (exact) mass is 243 g/mol. The van der Waals surface area contributed by atoms with Crippen LogP contribution in [0.3, 0.4) is 0 Å². The van der Waals surface area contributed by atoms with Gasteiger partial charge in [0.15, 0.2) is 0 Å². The number of ether oxygens (including phenoxy) is 1. The Kier molecular flexibility index (Phi) is 5.36. The molecule has 1 amide bonds. The van der Waals surface area contributed by atoms with Crippen molar-refractivity contribution in [2.24, 2.45) is 17.4 Å². The Balaban J connectivity index is 2.03. The molecule has 0 aliphatic heterocycles. The molecule has 0 heterocycles. The third-order valence-electron chi connectivity index (χ3n) is 3.24. The van der Waals surface area contributed by atoms with Crippen LogP contribution in [0.5, 0.6) is 0 Å². The molecule has 17 heavy (non-hydrogen) atoms. The number of carbonyl (C=O) groups is 1.